The normalized spacial score (nSPS) is 18.2. The van der Waals surface area contributed by atoms with Crippen LogP contribution < -0.4 is 25.2 Å². The van der Waals surface area contributed by atoms with Gasteiger partial charge in [0.1, 0.15) is 18.2 Å². The van der Waals surface area contributed by atoms with Gasteiger partial charge in [-0.2, -0.15) is 5.10 Å². The van der Waals surface area contributed by atoms with Gasteiger partial charge in [0.05, 0.1) is 27.3 Å². The third-order valence-electron chi connectivity index (χ3n) is 14.7. The first kappa shape index (κ1) is 46.2. The van der Waals surface area contributed by atoms with Gasteiger partial charge in [0.2, 0.25) is 11.8 Å². The molecule has 17 heteroatoms. The van der Waals surface area contributed by atoms with E-state index in [1.165, 1.54) is 16.9 Å². The molecule has 0 saturated carbocycles. The number of imide groups is 1. The predicted molar refractivity (Wildman–Crippen MR) is 274 cm³/mol. The van der Waals surface area contributed by atoms with E-state index in [1.807, 2.05) is 77.3 Å². The molecule has 1 atom stereocenters. The molecule has 3 aromatic heterocycles. The molecular formula is C54H56N10O6S. The SMILES string of the molecule is Cn1nc(C2CCC(=O)NC2=O)c2ccc(N3CCN(CCN4CCC(c5cccc(OCc6ccc(N7CCc8cccc(C(=O)Nc9nc%10ccccc%10s9)c8C7)nc6C(=O)O)c5)CC4)CC3)cc21. The van der Waals surface area contributed by atoms with Crippen molar-refractivity contribution < 1.29 is 29.0 Å². The van der Waals surface area contributed by atoms with Crippen molar-refractivity contribution in [3.05, 3.63) is 136 Å². The Morgan fingerprint density at radius 3 is 2.42 bits per heavy atom. The number of carboxylic acid groups (broad SMARTS) is 1. The quantitative estimate of drug-likeness (QED) is 0.0991. The maximum Gasteiger partial charge on any atom is 0.354 e. The van der Waals surface area contributed by atoms with Gasteiger partial charge in [-0.05, 0) is 122 Å². The Kier molecular flexibility index (Phi) is 12.9. The minimum atomic E-state index is -1.12. The summed E-state index contributed by atoms with van der Waals surface area (Å²) in [5, 5.41) is 22.0. The average Bonchev–Trinajstić information content (AvgIpc) is 3.96. The van der Waals surface area contributed by atoms with Gasteiger partial charge in [0, 0.05) is 88.0 Å². The molecule has 3 N–H and O–H groups in total. The number of aryl methyl sites for hydroxylation is 1. The van der Waals surface area contributed by atoms with Crippen LogP contribution in [0.4, 0.5) is 16.6 Å². The highest BCUT2D eigenvalue weighted by Gasteiger charge is 2.32. The fourth-order valence-corrected chi connectivity index (χ4v) is 11.6. The van der Waals surface area contributed by atoms with Gasteiger partial charge in [-0.1, -0.05) is 47.7 Å². The maximum absolute atomic E-state index is 13.6. The number of fused-ring (bicyclic) bond motifs is 3. The van der Waals surface area contributed by atoms with Gasteiger partial charge in [0.15, 0.2) is 10.8 Å². The lowest BCUT2D eigenvalue weighted by molar-refractivity contribution is -0.134. The largest absolute Gasteiger partial charge is 0.489 e. The van der Waals surface area contributed by atoms with Crippen molar-refractivity contribution in [3.8, 4) is 5.75 Å². The number of hydrogen-bond donors (Lipinski definition) is 3. The fraction of sp³-hybridized carbons (Fsp3) is 0.352. The summed E-state index contributed by atoms with van der Waals surface area (Å²) in [6.07, 6.45) is 3.62. The molecule has 0 aliphatic carbocycles. The lowest BCUT2D eigenvalue weighted by Crippen LogP contribution is -2.49. The molecule has 4 aliphatic rings. The number of nitrogens with one attached hydrogen (secondary N) is 2. The molecule has 71 heavy (non-hydrogen) atoms. The van der Waals surface area contributed by atoms with Crippen molar-refractivity contribution in [1.82, 2.24) is 34.9 Å². The zero-order valence-corrected chi connectivity index (χ0v) is 40.5. The van der Waals surface area contributed by atoms with Crippen LogP contribution in [0.3, 0.4) is 0 Å². The number of ether oxygens (including phenoxy) is 1. The number of anilines is 3. The van der Waals surface area contributed by atoms with E-state index in [9.17, 15) is 24.3 Å². The number of amides is 3. The first-order valence-electron chi connectivity index (χ1n) is 24.6. The molecule has 16 nitrogen and oxygen atoms in total. The summed E-state index contributed by atoms with van der Waals surface area (Å²) >= 11 is 1.43. The van der Waals surface area contributed by atoms with E-state index in [2.05, 4.69) is 65.6 Å². The number of thiazole rings is 1. The van der Waals surface area contributed by atoms with Crippen LogP contribution in [0.5, 0.6) is 5.75 Å². The van der Waals surface area contributed by atoms with E-state index >= 15 is 0 Å². The highest BCUT2D eigenvalue weighted by molar-refractivity contribution is 7.22. The summed E-state index contributed by atoms with van der Waals surface area (Å²) in [6, 6.07) is 31.8. The second kappa shape index (κ2) is 19.9. The molecule has 1 unspecified atom stereocenters. The molecule has 3 amide bonds. The number of carboxylic acids is 1. The number of rotatable bonds is 13. The van der Waals surface area contributed by atoms with Crippen LogP contribution in [0.1, 0.15) is 86.3 Å². The van der Waals surface area contributed by atoms with E-state index in [1.54, 1.807) is 6.07 Å². The second-order valence-electron chi connectivity index (χ2n) is 19.1. The number of benzene rings is 4. The van der Waals surface area contributed by atoms with Crippen LogP contribution in [0.15, 0.2) is 97.1 Å². The molecule has 364 valence electrons. The lowest BCUT2D eigenvalue weighted by atomic mass is 9.89. The van der Waals surface area contributed by atoms with Crippen LogP contribution in [0, 0.1) is 0 Å². The molecule has 4 aliphatic heterocycles. The molecule has 7 aromatic rings. The predicted octanol–water partition coefficient (Wildman–Crippen LogP) is 7.19. The Hall–Kier alpha value is -7.21. The zero-order chi connectivity index (χ0) is 48.6. The Morgan fingerprint density at radius 2 is 1.62 bits per heavy atom. The van der Waals surface area contributed by atoms with Crippen molar-refractivity contribution in [2.45, 2.75) is 57.1 Å². The summed E-state index contributed by atoms with van der Waals surface area (Å²) in [4.78, 5) is 69.4. The van der Waals surface area contributed by atoms with Crippen molar-refractivity contribution in [1.29, 1.82) is 0 Å². The number of carbonyl (C=O) groups is 4. The molecule has 0 bridgehead atoms. The fourth-order valence-electron chi connectivity index (χ4n) is 10.7. The van der Waals surface area contributed by atoms with Crippen LogP contribution in [0.2, 0.25) is 0 Å². The molecule has 3 fully saturated rings. The molecule has 0 spiro atoms. The summed E-state index contributed by atoms with van der Waals surface area (Å²) < 4.78 is 9.11. The number of para-hydroxylation sites is 1. The lowest BCUT2D eigenvalue weighted by Gasteiger charge is -2.38. The minimum Gasteiger partial charge on any atom is -0.489 e. The van der Waals surface area contributed by atoms with E-state index in [0.717, 1.165) is 109 Å². The number of hydrogen-bond acceptors (Lipinski definition) is 13. The Balaban J connectivity index is 0.652. The zero-order valence-electron chi connectivity index (χ0n) is 39.7. The molecule has 3 saturated heterocycles. The number of pyridine rings is 1. The van der Waals surface area contributed by atoms with Crippen LogP contribution >= 0.6 is 11.3 Å². The van der Waals surface area contributed by atoms with Crippen molar-refractivity contribution in [2.24, 2.45) is 7.05 Å². The molecular weight excluding hydrogens is 917 g/mol. The Morgan fingerprint density at radius 1 is 0.817 bits per heavy atom. The molecule has 4 aromatic carbocycles. The van der Waals surface area contributed by atoms with Crippen LogP contribution in [-0.2, 0) is 36.2 Å². The monoisotopic (exact) mass is 972 g/mol. The summed E-state index contributed by atoms with van der Waals surface area (Å²) in [5.74, 6) is -0.593. The van der Waals surface area contributed by atoms with Crippen LogP contribution in [0.25, 0.3) is 21.1 Å². The number of aromatic nitrogens is 4. The number of nitrogens with zero attached hydrogens (tertiary/aromatic N) is 8. The van der Waals surface area contributed by atoms with Gasteiger partial charge in [-0.3, -0.25) is 34.6 Å². The first-order chi connectivity index (χ1) is 34.6. The standard InChI is InChI=1S/C54H56N10O6S/c1-60-45-31-38(13-14-41(45)50(59-60)42-15-17-48(65)57-52(42)67)63-28-26-62(27-29-63)25-24-61-21-18-34(19-22-61)36-7-4-8-39(30-36)70-33-37-12-16-47(56-49(37)53(68)69)64-23-20-35-6-5-9-40(43(35)32-64)51(66)58-54-55-44-10-2-3-11-46(44)71-54/h2-14,16,30-31,34,42H,15,17-29,32-33H2,1H3,(H,68,69)(H,55,58,66)(H,57,65,67). The van der Waals surface area contributed by atoms with Crippen molar-refractivity contribution >= 4 is 72.8 Å². The molecule has 0 radical (unpaired) electrons. The van der Waals surface area contributed by atoms with E-state index < -0.39 is 11.9 Å². The maximum atomic E-state index is 13.6. The summed E-state index contributed by atoms with van der Waals surface area (Å²) in [6.45, 7) is 9.10. The van der Waals surface area contributed by atoms with Gasteiger partial charge in [-0.15, -0.1) is 0 Å². The first-order valence-corrected chi connectivity index (χ1v) is 25.4. The molecule has 7 heterocycles. The highest BCUT2D eigenvalue weighted by Crippen LogP contribution is 2.35. The second-order valence-corrected chi connectivity index (χ2v) is 20.1. The highest BCUT2D eigenvalue weighted by atomic mass is 32.1. The smallest absolute Gasteiger partial charge is 0.354 e. The third kappa shape index (κ3) is 9.81. The number of likely N-dealkylation sites (tertiary alicyclic amines) is 1. The molecule has 11 rings (SSSR count). The summed E-state index contributed by atoms with van der Waals surface area (Å²) in [7, 11) is 1.91. The average molecular weight is 973 g/mol. The number of piperidine rings is 2. The van der Waals surface area contributed by atoms with Crippen molar-refractivity contribution in [2.75, 3.05) is 74.0 Å². The van der Waals surface area contributed by atoms with Crippen LogP contribution in [-0.4, -0.2) is 117 Å². The van der Waals surface area contributed by atoms with Gasteiger partial charge >= 0.3 is 5.97 Å². The van der Waals surface area contributed by atoms with Gasteiger partial charge < -0.3 is 24.5 Å². The summed E-state index contributed by atoms with van der Waals surface area (Å²) in [5.41, 5.74) is 7.94. The third-order valence-corrected chi connectivity index (χ3v) is 15.7. The van der Waals surface area contributed by atoms with E-state index in [4.69, 9.17) is 9.84 Å². The Labute approximate surface area is 415 Å². The minimum absolute atomic E-state index is 0.0494. The Bertz CT molecular complexity index is 3140. The van der Waals surface area contributed by atoms with E-state index in [0.29, 0.717) is 66.1 Å². The number of aromatic carboxylic acids is 1. The number of carbonyl (C=O) groups excluding carboxylic acids is 3. The van der Waals surface area contributed by atoms with Crippen molar-refractivity contribution in [3.63, 3.8) is 0 Å². The van der Waals surface area contributed by atoms with Gasteiger partial charge in [-0.25, -0.2) is 14.8 Å². The van der Waals surface area contributed by atoms with Gasteiger partial charge in [0.25, 0.3) is 5.91 Å². The van der Waals surface area contributed by atoms with E-state index in [-0.39, 0.29) is 30.0 Å². The number of piperazine rings is 1. The topological polar surface area (TPSA) is 178 Å².